The van der Waals surface area contributed by atoms with E-state index in [9.17, 15) is 13.2 Å². The van der Waals surface area contributed by atoms with Crippen LogP contribution in [-0.2, 0) is 0 Å². The first-order valence-corrected chi connectivity index (χ1v) is 6.37. The van der Waals surface area contributed by atoms with Crippen molar-refractivity contribution in [1.29, 1.82) is 0 Å². The molecule has 17 heavy (non-hydrogen) atoms. The Morgan fingerprint density at radius 1 is 1.24 bits per heavy atom. The molecule has 0 heterocycles. The van der Waals surface area contributed by atoms with Gasteiger partial charge in [-0.05, 0) is 31.7 Å². The Labute approximate surface area is 104 Å². The van der Waals surface area contributed by atoms with Crippen LogP contribution in [0.5, 0.6) is 0 Å². The minimum Gasteiger partial charge on any atom is -0.313 e. The third kappa shape index (κ3) is 5.46. The van der Waals surface area contributed by atoms with Gasteiger partial charge in [-0.25, -0.2) is 0 Å². The van der Waals surface area contributed by atoms with Crippen LogP contribution in [0.4, 0.5) is 13.2 Å². The van der Waals surface area contributed by atoms with Crippen LogP contribution in [0, 0.1) is 0 Å². The van der Waals surface area contributed by atoms with Gasteiger partial charge in [0.2, 0.25) is 0 Å². The Morgan fingerprint density at radius 3 is 2.29 bits per heavy atom. The van der Waals surface area contributed by atoms with Crippen molar-refractivity contribution >= 4 is 11.8 Å². The molecule has 1 aromatic carbocycles. The first-order chi connectivity index (χ1) is 7.92. The summed E-state index contributed by atoms with van der Waals surface area (Å²) in [5, 5.41) is 3.11. The van der Waals surface area contributed by atoms with Crippen molar-refractivity contribution in [1.82, 2.24) is 5.32 Å². The topological polar surface area (TPSA) is 12.0 Å². The first kappa shape index (κ1) is 14.4. The van der Waals surface area contributed by atoms with E-state index >= 15 is 0 Å². The largest absolute Gasteiger partial charge is 0.389 e. The monoisotopic (exact) mass is 263 g/mol. The summed E-state index contributed by atoms with van der Waals surface area (Å²) in [5.74, 6) is 0.0738. The average molecular weight is 263 g/mol. The van der Waals surface area contributed by atoms with Gasteiger partial charge < -0.3 is 5.32 Å². The Kier molecular flexibility index (Phi) is 5.33. The van der Waals surface area contributed by atoms with Crippen LogP contribution in [0.1, 0.15) is 24.9 Å². The molecule has 0 aliphatic carbocycles. The van der Waals surface area contributed by atoms with E-state index in [4.69, 9.17) is 0 Å². The van der Waals surface area contributed by atoms with E-state index in [2.05, 4.69) is 5.32 Å². The third-order valence-electron chi connectivity index (χ3n) is 2.47. The van der Waals surface area contributed by atoms with Crippen molar-refractivity contribution < 1.29 is 13.2 Å². The highest BCUT2D eigenvalue weighted by Crippen LogP contribution is 2.26. The zero-order chi connectivity index (χ0) is 12.9. The average Bonchev–Trinajstić information content (AvgIpc) is 2.27. The van der Waals surface area contributed by atoms with Gasteiger partial charge in [-0.15, -0.1) is 11.8 Å². The van der Waals surface area contributed by atoms with Gasteiger partial charge >= 0.3 is 6.18 Å². The van der Waals surface area contributed by atoms with Crippen LogP contribution in [0.25, 0.3) is 0 Å². The molecule has 0 amide bonds. The Hall–Kier alpha value is -0.680. The maximum atomic E-state index is 12.0. The van der Waals surface area contributed by atoms with Crippen LogP contribution >= 0.6 is 11.8 Å². The summed E-state index contributed by atoms with van der Waals surface area (Å²) in [7, 11) is 1.87. The molecule has 5 heteroatoms. The fourth-order valence-electron chi connectivity index (χ4n) is 1.30. The molecule has 1 N–H and O–H groups in total. The second-order valence-corrected chi connectivity index (χ2v) is 4.96. The summed E-state index contributed by atoms with van der Waals surface area (Å²) in [6.45, 7) is 2.03. The number of rotatable bonds is 5. The maximum Gasteiger partial charge on any atom is 0.389 e. The zero-order valence-electron chi connectivity index (χ0n) is 9.84. The van der Waals surface area contributed by atoms with Gasteiger partial charge in [0.1, 0.15) is 0 Å². The highest BCUT2D eigenvalue weighted by molar-refractivity contribution is 7.99. The predicted molar refractivity (Wildman–Crippen MR) is 65.3 cm³/mol. The van der Waals surface area contributed by atoms with Gasteiger partial charge in [-0.3, -0.25) is 0 Å². The molecular weight excluding hydrogens is 247 g/mol. The summed E-state index contributed by atoms with van der Waals surface area (Å²) in [6, 6.07) is 7.87. The fourth-order valence-corrected chi connectivity index (χ4v) is 2.20. The van der Waals surface area contributed by atoms with Crippen LogP contribution < -0.4 is 5.32 Å². The third-order valence-corrected chi connectivity index (χ3v) is 3.48. The molecule has 96 valence electrons. The van der Waals surface area contributed by atoms with E-state index < -0.39 is 12.6 Å². The minimum atomic E-state index is -4.06. The molecule has 1 aromatic rings. The van der Waals surface area contributed by atoms with E-state index in [1.165, 1.54) is 11.8 Å². The highest BCUT2D eigenvalue weighted by Gasteiger charge is 2.26. The second-order valence-electron chi connectivity index (χ2n) is 3.79. The normalized spacial score (nSPS) is 13.7. The quantitative estimate of drug-likeness (QED) is 0.805. The van der Waals surface area contributed by atoms with E-state index in [0.717, 1.165) is 10.5 Å². The summed E-state index contributed by atoms with van der Waals surface area (Å²) in [4.78, 5) is 0.876. The van der Waals surface area contributed by atoms with Gasteiger partial charge in [-0.2, -0.15) is 13.2 Å². The molecule has 0 aromatic heterocycles. The number of benzene rings is 1. The molecule has 0 saturated carbocycles. The van der Waals surface area contributed by atoms with Crippen molar-refractivity contribution in [3.05, 3.63) is 29.8 Å². The number of hydrogen-bond acceptors (Lipinski definition) is 2. The van der Waals surface area contributed by atoms with E-state index in [0.29, 0.717) is 0 Å². The van der Waals surface area contributed by atoms with Crippen LogP contribution in [-0.4, -0.2) is 19.0 Å². The predicted octanol–water partition coefficient (Wildman–Crippen LogP) is 4.01. The summed E-state index contributed by atoms with van der Waals surface area (Å²) < 4.78 is 35.9. The van der Waals surface area contributed by atoms with Crippen LogP contribution in [0.15, 0.2) is 29.2 Å². The minimum absolute atomic E-state index is 0.0738. The maximum absolute atomic E-state index is 12.0. The number of halogens is 3. The molecule has 0 spiro atoms. The van der Waals surface area contributed by atoms with Crippen molar-refractivity contribution in [3.63, 3.8) is 0 Å². The molecule has 0 radical (unpaired) electrons. The number of hydrogen-bond donors (Lipinski definition) is 1. The van der Waals surface area contributed by atoms with Crippen molar-refractivity contribution in [2.75, 3.05) is 12.8 Å². The zero-order valence-corrected chi connectivity index (χ0v) is 10.7. The molecular formula is C12H16F3NS. The summed E-state index contributed by atoms with van der Waals surface area (Å²) >= 11 is 1.23. The SMILES string of the molecule is CNC(C)c1ccc(SCCC(F)(F)F)cc1. The smallest absolute Gasteiger partial charge is 0.313 e. The lowest BCUT2D eigenvalue weighted by molar-refractivity contribution is -0.129. The Bertz CT molecular complexity index is 335. The molecule has 1 nitrogen and oxygen atoms in total. The molecule has 0 fully saturated rings. The standard InChI is InChI=1S/C12H16F3NS/c1-9(16-2)10-3-5-11(6-4-10)17-8-7-12(13,14)15/h3-6,9,16H,7-8H2,1-2H3. The molecule has 0 bridgehead atoms. The van der Waals surface area contributed by atoms with Crippen molar-refractivity contribution in [2.24, 2.45) is 0 Å². The number of thioether (sulfide) groups is 1. The van der Waals surface area contributed by atoms with Gasteiger partial charge in [-0.1, -0.05) is 12.1 Å². The van der Waals surface area contributed by atoms with E-state index in [1.54, 1.807) is 0 Å². The molecule has 1 unspecified atom stereocenters. The molecule has 0 aliphatic heterocycles. The Balaban J connectivity index is 2.46. The Morgan fingerprint density at radius 2 is 1.82 bits per heavy atom. The first-order valence-electron chi connectivity index (χ1n) is 5.39. The van der Waals surface area contributed by atoms with E-state index in [1.807, 2.05) is 38.2 Å². The summed E-state index contributed by atoms with van der Waals surface area (Å²) in [6.07, 6.45) is -4.81. The van der Waals surface area contributed by atoms with Gasteiger partial charge in [0.05, 0.1) is 6.42 Å². The van der Waals surface area contributed by atoms with Gasteiger partial charge in [0.15, 0.2) is 0 Å². The van der Waals surface area contributed by atoms with E-state index in [-0.39, 0.29) is 11.8 Å². The summed E-state index contributed by atoms with van der Waals surface area (Å²) in [5.41, 5.74) is 1.13. The van der Waals surface area contributed by atoms with Crippen molar-refractivity contribution in [2.45, 2.75) is 30.5 Å². The van der Waals surface area contributed by atoms with Crippen LogP contribution in [0.3, 0.4) is 0 Å². The van der Waals surface area contributed by atoms with Gasteiger partial charge in [0, 0.05) is 16.7 Å². The van der Waals surface area contributed by atoms with Gasteiger partial charge in [0.25, 0.3) is 0 Å². The molecule has 0 aliphatic rings. The lowest BCUT2D eigenvalue weighted by Crippen LogP contribution is -2.11. The fraction of sp³-hybridized carbons (Fsp3) is 0.500. The van der Waals surface area contributed by atoms with Crippen molar-refractivity contribution in [3.8, 4) is 0 Å². The molecule has 1 atom stereocenters. The number of nitrogens with one attached hydrogen (secondary N) is 1. The van der Waals surface area contributed by atoms with Crippen LogP contribution in [0.2, 0.25) is 0 Å². The second kappa shape index (κ2) is 6.31. The molecule has 0 saturated heterocycles. The number of alkyl halides is 3. The lowest BCUT2D eigenvalue weighted by Gasteiger charge is -2.11. The molecule has 1 rings (SSSR count). The highest BCUT2D eigenvalue weighted by atomic mass is 32.2. The lowest BCUT2D eigenvalue weighted by atomic mass is 10.1.